The van der Waals surface area contributed by atoms with Crippen LogP contribution in [0.2, 0.25) is 0 Å². The standard InChI is InChI=1S/C20H18FN3O/c21-17-5-7-18(8-6-17)23-9-11-24(12-10-23)20(25)16-13-15-3-1-2-4-19(15)22-14-16/h1-8,13-14H,9-12H2. The highest BCUT2D eigenvalue weighted by molar-refractivity contribution is 5.97. The largest absolute Gasteiger partial charge is 0.368 e. The predicted octanol–water partition coefficient (Wildman–Crippen LogP) is 3.34. The fourth-order valence-corrected chi connectivity index (χ4v) is 3.19. The first-order chi connectivity index (χ1) is 12.2. The quantitative estimate of drug-likeness (QED) is 0.721. The van der Waals surface area contributed by atoms with Crippen molar-refractivity contribution in [2.24, 2.45) is 0 Å². The van der Waals surface area contributed by atoms with Crippen LogP contribution in [0.3, 0.4) is 0 Å². The fraction of sp³-hybridized carbons (Fsp3) is 0.200. The van der Waals surface area contributed by atoms with E-state index in [1.807, 2.05) is 35.2 Å². The molecular formula is C20H18FN3O. The number of pyridine rings is 1. The Balaban J connectivity index is 1.46. The molecule has 4 nitrogen and oxygen atoms in total. The molecule has 1 amide bonds. The molecule has 0 bridgehead atoms. The van der Waals surface area contributed by atoms with Gasteiger partial charge in [-0.1, -0.05) is 18.2 Å². The number of amides is 1. The number of carbonyl (C=O) groups excluding carboxylic acids is 1. The zero-order chi connectivity index (χ0) is 17.2. The number of para-hydroxylation sites is 1. The van der Waals surface area contributed by atoms with E-state index in [4.69, 9.17) is 0 Å². The molecule has 5 heteroatoms. The third kappa shape index (κ3) is 3.18. The van der Waals surface area contributed by atoms with Crippen LogP contribution in [0.25, 0.3) is 10.9 Å². The van der Waals surface area contributed by atoms with Crippen molar-refractivity contribution in [3.8, 4) is 0 Å². The Labute approximate surface area is 145 Å². The number of halogens is 1. The number of aromatic nitrogens is 1. The first-order valence-electron chi connectivity index (χ1n) is 8.35. The summed E-state index contributed by atoms with van der Waals surface area (Å²) in [5.41, 5.74) is 2.50. The third-order valence-electron chi connectivity index (χ3n) is 4.60. The number of rotatable bonds is 2. The normalized spacial score (nSPS) is 14.8. The van der Waals surface area contributed by atoms with E-state index in [9.17, 15) is 9.18 Å². The maximum atomic E-state index is 13.0. The number of hydrogen-bond donors (Lipinski definition) is 0. The summed E-state index contributed by atoms with van der Waals surface area (Å²) in [6.45, 7) is 2.75. The van der Waals surface area contributed by atoms with Gasteiger partial charge in [0.25, 0.3) is 5.91 Å². The van der Waals surface area contributed by atoms with Crippen molar-refractivity contribution in [2.45, 2.75) is 0 Å². The van der Waals surface area contributed by atoms with E-state index in [1.54, 1.807) is 18.3 Å². The Morgan fingerprint density at radius 1 is 0.960 bits per heavy atom. The summed E-state index contributed by atoms with van der Waals surface area (Å²) in [4.78, 5) is 21.1. The molecule has 2 aromatic carbocycles. The first kappa shape index (κ1) is 15.6. The Kier molecular flexibility index (Phi) is 4.06. The Morgan fingerprint density at radius 3 is 2.44 bits per heavy atom. The van der Waals surface area contributed by atoms with E-state index in [0.717, 1.165) is 29.7 Å². The number of hydrogen-bond acceptors (Lipinski definition) is 3. The van der Waals surface area contributed by atoms with Crippen molar-refractivity contribution >= 4 is 22.5 Å². The van der Waals surface area contributed by atoms with Crippen LogP contribution in [-0.4, -0.2) is 42.0 Å². The highest BCUT2D eigenvalue weighted by atomic mass is 19.1. The summed E-state index contributed by atoms with van der Waals surface area (Å²) in [5, 5.41) is 0.971. The van der Waals surface area contributed by atoms with Crippen LogP contribution in [0, 0.1) is 5.82 Å². The van der Waals surface area contributed by atoms with Gasteiger partial charge in [0.15, 0.2) is 0 Å². The molecule has 0 spiro atoms. The van der Waals surface area contributed by atoms with Crippen LogP contribution < -0.4 is 4.90 Å². The molecule has 1 aromatic heterocycles. The third-order valence-corrected chi connectivity index (χ3v) is 4.60. The SMILES string of the molecule is O=C(c1cnc2ccccc2c1)N1CCN(c2ccc(F)cc2)CC1. The number of carbonyl (C=O) groups is 1. The van der Waals surface area contributed by atoms with Crippen molar-refractivity contribution in [1.29, 1.82) is 0 Å². The van der Waals surface area contributed by atoms with Crippen molar-refractivity contribution < 1.29 is 9.18 Å². The second kappa shape index (κ2) is 6.51. The molecule has 1 fully saturated rings. The van der Waals surface area contributed by atoms with Crippen LogP contribution in [0.5, 0.6) is 0 Å². The minimum Gasteiger partial charge on any atom is -0.368 e. The molecule has 0 saturated carbocycles. The molecule has 1 aliphatic rings. The molecule has 0 atom stereocenters. The lowest BCUT2D eigenvalue weighted by Gasteiger charge is -2.36. The molecule has 4 rings (SSSR count). The molecule has 2 heterocycles. The number of nitrogens with zero attached hydrogens (tertiary/aromatic N) is 3. The van der Waals surface area contributed by atoms with Gasteiger partial charge in [0.2, 0.25) is 0 Å². The van der Waals surface area contributed by atoms with Gasteiger partial charge in [0.1, 0.15) is 5.82 Å². The number of benzene rings is 2. The maximum Gasteiger partial charge on any atom is 0.255 e. The van der Waals surface area contributed by atoms with E-state index in [0.29, 0.717) is 18.7 Å². The number of piperazine rings is 1. The van der Waals surface area contributed by atoms with E-state index >= 15 is 0 Å². The van der Waals surface area contributed by atoms with Gasteiger partial charge in [-0.25, -0.2) is 4.39 Å². The van der Waals surface area contributed by atoms with Gasteiger partial charge in [0.05, 0.1) is 11.1 Å². The molecule has 126 valence electrons. The van der Waals surface area contributed by atoms with Gasteiger partial charge in [-0.2, -0.15) is 0 Å². The highest BCUT2D eigenvalue weighted by Crippen LogP contribution is 2.19. The molecule has 0 N–H and O–H groups in total. The Hall–Kier alpha value is -2.95. The maximum absolute atomic E-state index is 13.0. The van der Waals surface area contributed by atoms with Crippen molar-refractivity contribution in [2.75, 3.05) is 31.1 Å². The van der Waals surface area contributed by atoms with Crippen LogP contribution in [0.15, 0.2) is 60.8 Å². The van der Waals surface area contributed by atoms with E-state index < -0.39 is 0 Å². The summed E-state index contributed by atoms with van der Waals surface area (Å²) >= 11 is 0. The van der Waals surface area contributed by atoms with Gasteiger partial charge >= 0.3 is 0 Å². The minimum atomic E-state index is -0.235. The molecule has 1 aliphatic heterocycles. The van der Waals surface area contributed by atoms with Crippen molar-refractivity contribution in [3.63, 3.8) is 0 Å². The lowest BCUT2D eigenvalue weighted by molar-refractivity contribution is 0.0746. The predicted molar refractivity (Wildman–Crippen MR) is 96.3 cm³/mol. The van der Waals surface area contributed by atoms with Gasteiger partial charge in [-0.05, 0) is 36.4 Å². The molecule has 1 saturated heterocycles. The lowest BCUT2D eigenvalue weighted by Crippen LogP contribution is -2.48. The second-order valence-electron chi connectivity index (χ2n) is 6.17. The van der Waals surface area contributed by atoms with Crippen LogP contribution >= 0.6 is 0 Å². The second-order valence-corrected chi connectivity index (χ2v) is 6.17. The molecule has 25 heavy (non-hydrogen) atoms. The van der Waals surface area contributed by atoms with Gasteiger partial charge in [0, 0.05) is 43.4 Å². The molecule has 0 radical (unpaired) electrons. The first-order valence-corrected chi connectivity index (χ1v) is 8.35. The molecular weight excluding hydrogens is 317 g/mol. The average Bonchev–Trinajstić information content (AvgIpc) is 2.68. The number of anilines is 1. The molecule has 0 aliphatic carbocycles. The van der Waals surface area contributed by atoms with Crippen LogP contribution in [0.1, 0.15) is 10.4 Å². The molecule has 3 aromatic rings. The van der Waals surface area contributed by atoms with E-state index in [-0.39, 0.29) is 11.7 Å². The van der Waals surface area contributed by atoms with E-state index in [2.05, 4.69) is 9.88 Å². The monoisotopic (exact) mass is 335 g/mol. The number of fused-ring (bicyclic) bond motifs is 1. The van der Waals surface area contributed by atoms with Crippen LogP contribution in [0.4, 0.5) is 10.1 Å². The fourth-order valence-electron chi connectivity index (χ4n) is 3.19. The summed E-state index contributed by atoms with van der Waals surface area (Å²) in [6, 6.07) is 16.2. The van der Waals surface area contributed by atoms with Gasteiger partial charge in [-0.3, -0.25) is 9.78 Å². The Morgan fingerprint density at radius 2 is 1.68 bits per heavy atom. The van der Waals surface area contributed by atoms with Crippen molar-refractivity contribution in [3.05, 3.63) is 72.2 Å². The van der Waals surface area contributed by atoms with Crippen LogP contribution in [-0.2, 0) is 0 Å². The summed E-state index contributed by atoms with van der Waals surface area (Å²) in [5.74, 6) is -0.224. The molecule has 0 unspecified atom stereocenters. The summed E-state index contributed by atoms with van der Waals surface area (Å²) in [7, 11) is 0. The Bertz CT molecular complexity index is 902. The average molecular weight is 335 g/mol. The highest BCUT2D eigenvalue weighted by Gasteiger charge is 2.22. The van der Waals surface area contributed by atoms with Gasteiger partial charge in [-0.15, -0.1) is 0 Å². The zero-order valence-corrected chi connectivity index (χ0v) is 13.7. The summed E-state index contributed by atoms with van der Waals surface area (Å²) in [6.07, 6.45) is 1.65. The lowest BCUT2D eigenvalue weighted by atomic mass is 10.1. The van der Waals surface area contributed by atoms with Crippen molar-refractivity contribution in [1.82, 2.24) is 9.88 Å². The van der Waals surface area contributed by atoms with Gasteiger partial charge < -0.3 is 9.80 Å². The summed E-state index contributed by atoms with van der Waals surface area (Å²) < 4.78 is 13.0. The zero-order valence-electron chi connectivity index (χ0n) is 13.7. The topological polar surface area (TPSA) is 36.4 Å². The smallest absolute Gasteiger partial charge is 0.255 e. The van der Waals surface area contributed by atoms with E-state index in [1.165, 1.54) is 12.1 Å². The minimum absolute atomic E-state index is 0.0111.